The fourth-order valence-corrected chi connectivity index (χ4v) is 3.70. The van der Waals surface area contributed by atoms with E-state index in [-0.39, 0.29) is 36.7 Å². The molecule has 0 saturated carbocycles. The van der Waals surface area contributed by atoms with Gasteiger partial charge in [-0.3, -0.25) is 58.0 Å². The minimum absolute atomic E-state index is 0.0316. The van der Waals surface area contributed by atoms with Gasteiger partial charge in [0.15, 0.2) is 0 Å². The number of hydrogen-bond acceptors (Lipinski definition) is 8. The number of carbonyl (C=O) groups excluding carboxylic acids is 8. The first kappa shape index (κ1) is 26.1. The highest BCUT2D eigenvalue weighted by Crippen LogP contribution is 2.10. The van der Waals surface area contributed by atoms with Crippen LogP contribution in [-0.2, 0) is 38.4 Å². The van der Waals surface area contributed by atoms with Crippen LogP contribution in [-0.4, -0.2) is 93.0 Å². The summed E-state index contributed by atoms with van der Waals surface area (Å²) in [6, 6.07) is 0. The molecule has 0 aromatic rings. The Balaban J connectivity index is 0.000000205. The van der Waals surface area contributed by atoms with Crippen LogP contribution < -0.4 is 0 Å². The number of nitrogens with zero attached hydrogens (tertiary/aromatic N) is 4. The van der Waals surface area contributed by atoms with E-state index in [4.69, 9.17) is 0 Å². The van der Waals surface area contributed by atoms with Crippen molar-refractivity contribution in [2.45, 2.75) is 25.7 Å². The fraction of sp³-hybridized carbons (Fsp3) is 0.333. The Morgan fingerprint density at radius 3 is 0.722 bits per heavy atom. The average Bonchev–Trinajstić information content (AvgIpc) is 3.55. The van der Waals surface area contributed by atoms with Gasteiger partial charge in [-0.1, -0.05) is 12.8 Å². The van der Waals surface area contributed by atoms with Gasteiger partial charge in [-0.2, -0.15) is 0 Å². The van der Waals surface area contributed by atoms with Crippen molar-refractivity contribution in [3.8, 4) is 0 Å². The first-order valence-corrected chi connectivity index (χ1v) is 11.3. The van der Waals surface area contributed by atoms with Crippen LogP contribution in [0.5, 0.6) is 0 Å². The molecule has 0 saturated heterocycles. The average molecular weight is 496 g/mol. The molecule has 4 rings (SSSR count). The van der Waals surface area contributed by atoms with Gasteiger partial charge < -0.3 is 0 Å². The summed E-state index contributed by atoms with van der Waals surface area (Å²) >= 11 is 0. The minimum Gasteiger partial charge on any atom is -0.275 e. The summed E-state index contributed by atoms with van der Waals surface area (Å²) in [5.74, 6) is -2.70. The lowest BCUT2D eigenvalue weighted by Crippen LogP contribution is -2.40. The molecular formula is C24H24N4O8. The maximum Gasteiger partial charge on any atom is 0.253 e. The molecule has 0 atom stereocenters. The molecule has 4 aliphatic rings. The van der Waals surface area contributed by atoms with Gasteiger partial charge >= 0.3 is 0 Å². The predicted octanol–water partition coefficient (Wildman–Crippen LogP) is -0.767. The molecule has 0 unspecified atom stereocenters. The summed E-state index contributed by atoms with van der Waals surface area (Å²) in [6.45, 7) is 0.912. The van der Waals surface area contributed by atoms with Gasteiger partial charge in [0.1, 0.15) is 0 Å². The number of unbranched alkanes of at least 4 members (excludes halogenated alkanes) is 3. The highest BCUT2D eigenvalue weighted by atomic mass is 16.2. The van der Waals surface area contributed by atoms with Crippen molar-refractivity contribution in [1.82, 2.24) is 19.6 Å². The summed E-state index contributed by atoms with van der Waals surface area (Å²) in [4.78, 5) is 94.2. The van der Waals surface area contributed by atoms with Crippen LogP contribution in [0.25, 0.3) is 0 Å². The van der Waals surface area contributed by atoms with Crippen LogP contribution >= 0.6 is 0 Å². The minimum atomic E-state index is -0.419. The summed E-state index contributed by atoms with van der Waals surface area (Å²) in [5.41, 5.74) is 0. The summed E-state index contributed by atoms with van der Waals surface area (Å²) in [7, 11) is 0. The van der Waals surface area contributed by atoms with Gasteiger partial charge in [0.25, 0.3) is 47.3 Å². The molecular weight excluding hydrogens is 472 g/mol. The van der Waals surface area contributed by atoms with Gasteiger partial charge in [0.2, 0.25) is 0 Å². The lowest BCUT2D eigenvalue weighted by atomic mass is 10.2. The fourth-order valence-electron chi connectivity index (χ4n) is 3.70. The van der Waals surface area contributed by atoms with E-state index in [1.165, 1.54) is 34.1 Å². The Morgan fingerprint density at radius 1 is 0.306 bits per heavy atom. The Hall–Kier alpha value is -4.48. The standard InChI is InChI=1S/C14H16N2O4.C10H8N2O4/c17-11-5-6-12(18)15(11)9-3-1-2-4-10-16-13(19)7-8-14(16)20;13-7-1-2-8(14)11(7)5-6-12-9(15)3-4-10(12)16/h5-8H,1-4,9-10H2;1-4H,5-6H2. The molecule has 0 radical (unpaired) electrons. The topological polar surface area (TPSA) is 150 Å². The van der Waals surface area contributed by atoms with E-state index in [0.29, 0.717) is 13.1 Å². The molecule has 12 nitrogen and oxygen atoms in total. The molecule has 4 aliphatic heterocycles. The third kappa shape index (κ3) is 6.34. The second-order valence-electron chi connectivity index (χ2n) is 8.06. The van der Waals surface area contributed by atoms with Gasteiger partial charge in [-0.05, 0) is 12.8 Å². The summed E-state index contributed by atoms with van der Waals surface area (Å²) in [6.07, 6.45) is 12.9. The zero-order valence-corrected chi connectivity index (χ0v) is 19.3. The van der Waals surface area contributed by atoms with Crippen molar-refractivity contribution < 1.29 is 38.4 Å². The van der Waals surface area contributed by atoms with Crippen molar-refractivity contribution >= 4 is 47.3 Å². The van der Waals surface area contributed by atoms with Crippen LogP contribution in [0, 0.1) is 0 Å². The van der Waals surface area contributed by atoms with E-state index in [1.54, 1.807) is 0 Å². The normalized spacial score (nSPS) is 18.7. The Kier molecular flexibility index (Phi) is 8.55. The quantitative estimate of drug-likeness (QED) is 0.283. The van der Waals surface area contributed by atoms with E-state index in [9.17, 15) is 38.4 Å². The molecule has 0 bridgehead atoms. The van der Waals surface area contributed by atoms with Crippen LogP contribution in [0.15, 0.2) is 48.6 Å². The number of carbonyl (C=O) groups is 8. The third-order valence-electron chi connectivity index (χ3n) is 5.66. The molecule has 0 spiro atoms. The number of amides is 8. The lowest BCUT2D eigenvalue weighted by Gasteiger charge is -2.18. The van der Waals surface area contributed by atoms with Crippen molar-refractivity contribution in [3.63, 3.8) is 0 Å². The van der Waals surface area contributed by atoms with Crippen LogP contribution in [0.4, 0.5) is 0 Å². The van der Waals surface area contributed by atoms with E-state index < -0.39 is 23.6 Å². The van der Waals surface area contributed by atoms with Crippen molar-refractivity contribution in [3.05, 3.63) is 48.6 Å². The largest absolute Gasteiger partial charge is 0.275 e. The smallest absolute Gasteiger partial charge is 0.253 e. The summed E-state index contributed by atoms with van der Waals surface area (Å²) in [5, 5.41) is 0. The molecule has 0 aromatic carbocycles. The molecule has 0 aliphatic carbocycles. The van der Waals surface area contributed by atoms with Gasteiger partial charge in [-0.25, -0.2) is 0 Å². The molecule has 188 valence electrons. The number of rotatable bonds is 10. The van der Waals surface area contributed by atoms with Crippen LogP contribution in [0.3, 0.4) is 0 Å². The van der Waals surface area contributed by atoms with E-state index in [1.807, 2.05) is 0 Å². The highest BCUT2D eigenvalue weighted by Gasteiger charge is 2.28. The van der Waals surface area contributed by atoms with Crippen LogP contribution in [0.2, 0.25) is 0 Å². The second-order valence-corrected chi connectivity index (χ2v) is 8.06. The van der Waals surface area contributed by atoms with Gasteiger partial charge in [0, 0.05) is 74.8 Å². The Bertz CT molecular complexity index is 973. The molecule has 12 heteroatoms. The Labute approximate surface area is 206 Å². The number of imide groups is 4. The first-order valence-electron chi connectivity index (χ1n) is 11.3. The Morgan fingerprint density at radius 2 is 0.500 bits per heavy atom. The summed E-state index contributed by atoms with van der Waals surface area (Å²) < 4.78 is 0. The molecule has 4 heterocycles. The zero-order valence-electron chi connectivity index (χ0n) is 19.3. The van der Waals surface area contributed by atoms with Crippen LogP contribution in [0.1, 0.15) is 25.7 Å². The van der Waals surface area contributed by atoms with Crippen molar-refractivity contribution in [2.24, 2.45) is 0 Å². The van der Waals surface area contributed by atoms with E-state index >= 15 is 0 Å². The zero-order chi connectivity index (χ0) is 26.2. The third-order valence-corrected chi connectivity index (χ3v) is 5.66. The van der Waals surface area contributed by atoms with Gasteiger partial charge in [0.05, 0.1) is 0 Å². The predicted molar refractivity (Wildman–Crippen MR) is 122 cm³/mol. The molecule has 36 heavy (non-hydrogen) atoms. The molecule has 8 amide bonds. The second kappa shape index (κ2) is 11.8. The van der Waals surface area contributed by atoms with Crippen molar-refractivity contribution in [1.29, 1.82) is 0 Å². The van der Waals surface area contributed by atoms with E-state index in [0.717, 1.165) is 59.8 Å². The van der Waals surface area contributed by atoms with Gasteiger partial charge in [-0.15, -0.1) is 0 Å². The van der Waals surface area contributed by atoms with E-state index in [2.05, 4.69) is 0 Å². The number of hydrogen-bond donors (Lipinski definition) is 0. The molecule has 0 N–H and O–H groups in total. The van der Waals surface area contributed by atoms with Crippen molar-refractivity contribution in [2.75, 3.05) is 26.2 Å². The lowest BCUT2D eigenvalue weighted by molar-refractivity contribution is -0.142. The maximum absolute atomic E-state index is 11.3. The molecule has 0 fully saturated rings. The highest BCUT2D eigenvalue weighted by molar-refractivity contribution is 6.15. The maximum atomic E-state index is 11.3. The monoisotopic (exact) mass is 496 g/mol. The SMILES string of the molecule is O=C1C=CC(=O)N1CCCCCCN1C(=O)C=CC1=O.O=C1C=CC(=O)N1CCN1C(=O)C=CC1=O. The molecule has 0 aromatic heterocycles. The first-order chi connectivity index (χ1) is 17.2.